The smallest absolute Gasteiger partial charge is 0.384 e. The summed E-state index contributed by atoms with van der Waals surface area (Å²) >= 11 is 0. The monoisotopic (exact) mass is 622 g/mol. The predicted octanol–water partition coefficient (Wildman–Crippen LogP) is 4.15. The van der Waals surface area contributed by atoms with Crippen LogP contribution < -0.4 is 10.6 Å². The maximum absolute atomic E-state index is 15.2. The Labute approximate surface area is 254 Å². The van der Waals surface area contributed by atoms with Gasteiger partial charge in [0.1, 0.15) is 24.6 Å². The molecule has 2 fully saturated rings. The van der Waals surface area contributed by atoms with Gasteiger partial charge in [-0.3, -0.25) is 9.88 Å². The predicted molar refractivity (Wildman–Crippen MR) is 154 cm³/mol. The summed E-state index contributed by atoms with van der Waals surface area (Å²) in [5.41, 5.74) is 0.0734. The molecule has 2 aliphatic heterocycles. The number of aromatic nitrogens is 4. The molecule has 4 aromatic rings. The van der Waals surface area contributed by atoms with Gasteiger partial charge in [-0.05, 0) is 30.7 Å². The number of benzene rings is 2. The summed E-state index contributed by atoms with van der Waals surface area (Å²) in [7, 11) is 0. The molecule has 234 valence electrons. The number of ether oxygens (including phenoxy) is 4. The molecule has 0 bridgehead atoms. The molecule has 4 heterocycles. The highest BCUT2D eigenvalue weighted by Gasteiger charge is 2.54. The number of anilines is 1. The molecule has 15 heteroatoms. The highest BCUT2D eigenvalue weighted by molar-refractivity contribution is 5.95. The van der Waals surface area contributed by atoms with E-state index in [1.807, 2.05) is 36.4 Å². The first-order valence-electron chi connectivity index (χ1n) is 14.0. The normalized spacial score (nSPS) is 23.0. The minimum absolute atomic E-state index is 0.156. The van der Waals surface area contributed by atoms with Gasteiger partial charge in [-0.1, -0.05) is 48.5 Å². The molecule has 3 N–H and O–H groups in total. The number of halogens is 2. The summed E-state index contributed by atoms with van der Waals surface area (Å²) in [6, 6.07) is 13.7. The van der Waals surface area contributed by atoms with Crippen LogP contribution in [0.3, 0.4) is 0 Å². The molecule has 2 aromatic heterocycles. The molecular formula is C30H28F2N6O7. The average Bonchev–Trinajstić information content (AvgIpc) is 3.74. The molecule has 0 spiro atoms. The lowest BCUT2D eigenvalue weighted by Crippen LogP contribution is -2.34. The Hall–Kier alpha value is -4.83. The number of hydrogen-bond acceptors (Lipinski definition) is 9. The zero-order chi connectivity index (χ0) is 31.6. The molecule has 5 atom stereocenters. The molecule has 2 amide bonds. The van der Waals surface area contributed by atoms with E-state index in [0.29, 0.717) is 6.54 Å². The number of imidazole rings is 1. The molecule has 4 unspecified atom stereocenters. The Morgan fingerprint density at radius 2 is 1.80 bits per heavy atom. The SMILES string of the molecule is CCNC(=O)Nc1ncnc2c1ncn2C1OC(COC(F)(F)c2ccccc2C(=O)O)C2O[C@H](/C=C/c3ccccc3)OC21. The third kappa shape index (κ3) is 6.23. The number of aromatic carboxylic acids is 1. The van der Waals surface area contributed by atoms with Gasteiger partial charge in [-0.15, -0.1) is 0 Å². The zero-order valence-corrected chi connectivity index (χ0v) is 23.7. The minimum Gasteiger partial charge on any atom is -0.478 e. The van der Waals surface area contributed by atoms with Gasteiger partial charge in [-0.25, -0.2) is 24.5 Å². The van der Waals surface area contributed by atoms with Gasteiger partial charge in [0.25, 0.3) is 0 Å². The van der Waals surface area contributed by atoms with Crippen molar-refractivity contribution in [3.8, 4) is 0 Å². The van der Waals surface area contributed by atoms with Crippen LogP contribution >= 0.6 is 0 Å². The fourth-order valence-electron chi connectivity index (χ4n) is 5.19. The molecule has 2 saturated heterocycles. The fourth-order valence-corrected chi connectivity index (χ4v) is 5.19. The van der Waals surface area contributed by atoms with Crippen LogP contribution in [-0.4, -0.2) is 74.4 Å². The van der Waals surface area contributed by atoms with Crippen molar-refractivity contribution >= 4 is 35.1 Å². The molecule has 0 radical (unpaired) electrons. The lowest BCUT2D eigenvalue weighted by Gasteiger charge is -2.23. The summed E-state index contributed by atoms with van der Waals surface area (Å²) in [6.07, 6.45) is -2.32. The summed E-state index contributed by atoms with van der Waals surface area (Å²) in [6.45, 7) is 1.50. The van der Waals surface area contributed by atoms with Crippen LogP contribution in [0.1, 0.15) is 34.6 Å². The van der Waals surface area contributed by atoms with Crippen molar-refractivity contribution in [1.29, 1.82) is 0 Å². The van der Waals surface area contributed by atoms with Crippen LogP contribution in [0.5, 0.6) is 0 Å². The standard InChI is InChI=1S/C30H28F2N6O7/c1-2-33-29(41)37-25-22-26(35-15-34-25)38(16-36-22)27-24-23(44-21(45-24)13-12-17-8-4-3-5-9-17)20(43-27)14-42-30(31,32)19-11-7-6-10-18(19)28(39)40/h3-13,15-16,20-21,23-24,27H,2,14H2,1H3,(H,39,40)(H2,33,34,35,37,41)/b13-12+/t20?,21-,23?,24?,27?/m0/s1. The van der Waals surface area contributed by atoms with Crippen molar-refractivity contribution in [2.24, 2.45) is 0 Å². The van der Waals surface area contributed by atoms with Gasteiger partial charge >= 0.3 is 18.1 Å². The van der Waals surface area contributed by atoms with Crippen molar-refractivity contribution < 1.29 is 42.4 Å². The number of carboxylic acids is 1. The second-order valence-electron chi connectivity index (χ2n) is 10.1. The average molecular weight is 623 g/mol. The second-order valence-corrected chi connectivity index (χ2v) is 10.1. The Bertz CT molecular complexity index is 1720. The Morgan fingerprint density at radius 3 is 2.58 bits per heavy atom. The van der Waals surface area contributed by atoms with Crippen LogP contribution in [0, 0.1) is 0 Å². The van der Waals surface area contributed by atoms with E-state index in [4.69, 9.17) is 18.9 Å². The summed E-state index contributed by atoms with van der Waals surface area (Å²) in [5, 5.41) is 14.6. The maximum atomic E-state index is 15.2. The summed E-state index contributed by atoms with van der Waals surface area (Å²) in [4.78, 5) is 36.5. The van der Waals surface area contributed by atoms with Crippen molar-refractivity contribution in [3.05, 3.63) is 90.0 Å². The van der Waals surface area contributed by atoms with Gasteiger partial charge in [0.15, 0.2) is 29.5 Å². The number of fused-ring (bicyclic) bond motifs is 2. The van der Waals surface area contributed by atoms with Crippen LogP contribution in [0.25, 0.3) is 17.2 Å². The Kier molecular flexibility index (Phi) is 8.49. The topological polar surface area (TPSA) is 159 Å². The van der Waals surface area contributed by atoms with Crippen LogP contribution in [0.15, 0.2) is 73.3 Å². The first-order chi connectivity index (χ1) is 21.7. The van der Waals surface area contributed by atoms with Crippen molar-refractivity contribution in [1.82, 2.24) is 24.8 Å². The number of nitrogens with one attached hydrogen (secondary N) is 2. The van der Waals surface area contributed by atoms with Crippen LogP contribution in [0.4, 0.5) is 19.4 Å². The van der Waals surface area contributed by atoms with Gasteiger partial charge < -0.3 is 29.4 Å². The zero-order valence-electron chi connectivity index (χ0n) is 23.7. The largest absolute Gasteiger partial charge is 0.478 e. The lowest BCUT2D eigenvalue weighted by atomic mass is 10.1. The number of nitrogens with zero attached hydrogens (tertiary/aromatic N) is 4. The quantitative estimate of drug-likeness (QED) is 0.235. The molecule has 6 rings (SSSR count). The fraction of sp³-hybridized carbons (Fsp3) is 0.300. The van der Waals surface area contributed by atoms with E-state index in [2.05, 4.69) is 25.6 Å². The molecule has 13 nitrogen and oxygen atoms in total. The number of carbonyl (C=O) groups excluding carboxylic acids is 1. The van der Waals surface area contributed by atoms with E-state index in [0.717, 1.165) is 17.7 Å². The number of urea groups is 1. The van der Waals surface area contributed by atoms with E-state index < -0.39 is 66.7 Å². The summed E-state index contributed by atoms with van der Waals surface area (Å²) in [5.74, 6) is -1.36. The third-order valence-electron chi connectivity index (χ3n) is 7.22. The highest BCUT2D eigenvalue weighted by atomic mass is 19.3. The van der Waals surface area contributed by atoms with Crippen molar-refractivity contribution in [2.45, 2.75) is 43.9 Å². The minimum atomic E-state index is -3.95. The number of carbonyl (C=O) groups is 2. The van der Waals surface area contributed by atoms with E-state index in [-0.39, 0.29) is 17.0 Å². The van der Waals surface area contributed by atoms with E-state index in [9.17, 15) is 14.7 Å². The number of alkyl halides is 2. The number of carboxylic acid groups (broad SMARTS) is 1. The van der Waals surface area contributed by atoms with Gasteiger partial charge in [0, 0.05) is 6.54 Å². The van der Waals surface area contributed by atoms with Crippen LogP contribution in [-0.2, 0) is 25.1 Å². The first kappa shape index (κ1) is 30.2. The maximum Gasteiger partial charge on any atom is 0.384 e. The van der Waals surface area contributed by atoms with E-state index in [1.165, 1.54) is 24.8 Å². The van der Waals surface area contributed by atoms with E-state index in [1.54, 1.807) is 17.6 Å². The van der Waals surface area contributed by atoms with Crippen molar-refractivity contribution in [2.75, 3.05) is 18.5 Å². The summed E-state index contributed by atoms with van der Waals surface area (Å²) < 4.78 is 55.5. The van der Waals surface area contributed by atoms with Gasteiger partial charge in [0.05, 0.1) is 24.1 Å². The van der Waals surface area contributed by atoms with E-state index >= 15 is 8.78 Å². The molecule has 2 aliphatic rings. The molecule has 0 saturated carbocycles. The number of hydrogen-bond donors (Lipinski definition) is 3. The number of rotatable bonds is 10. The lowest BCUT2D eigenvalue weighted by molar-refractivity contribution is -0.266. The van der Waals surface area contributed by atoms with Crippen molar-refractivity contribution in [3.63, 3.8) is 0 Å². The Balaban J connectivity index is 1.27. The van der Waals surface area contributed by atoms with Gasteiger partial charge in [-0.2, -0.15) is 8.78 Å². The third-order valence-corrected chi connectivity index (χ3v) is 7.22. The molecule has 2 aromatic carbocycles. The number of amides is 2. The van der Waals surface area contributed by atoms with Crippen LogP contribution in [0.2, 0.25) is 0 Å². The molecule has 0 aliphatic carbocycles. The highest BCUT2D eigenvalue weighted by Crippen LogP contribution is 2.42. The molecule has 45 heavy (non-hydrogen) atoms. The Morgan fingerprint density at radius 1 is 1.04 bits per heavy atom. The van der Waals surface area contributed by atoms with Gasteiger partial charge in [0.2, 0.25) is 0 Å². The second kappa shape index (κ2) is 12.6. The molecular weight excluding hydrogens is 594 g/mol. The first-order valence-corrected chi connectivity index (χ1v) is 14.0.